The van der Waals surface area contributed by atoms with Crippen molar-refractivity contribution in [3.8, 4) is 0 Å². The van der Waals surface area contributed by atoms with Crippen molar-refractivity contribution >= 4 is 23.6 Å². The molecule has 1 saturated heterocycles. The highest BCUT2D eigenvalue weighted by molar-refractivity contribution is 5.94. The number of amides is 1. The Labute approximate surface area is 183 Å². The van der Waals surface area contributed by atoms with Crippen LogP contribution in [0.2, 0.25) is 0 Å². The van der Waals surface area contributed by atoms with Gasteiger partial charge in [0.15, 0.2) is 6.61 Å². The second-order valence-electron chi connectivity index (χ2n) is 7.90. The van der Waals surface area contributed by atoms with Gasteiger partial charge in [0.1, 0.15) is 0 Å². The zero-order chi connectivity index (χ0) is 22.1. The van der Waals surface area contributed by atoms with Crippen LogP contribution in [-0.4, -0.2) is 49.7 Å². The summed E-state index contributed by atoms with van der Waals surface area (Å²) in [7, 11) is 0. The molecule has 1 aliphatic heterocycles. The maximum atomic E-state index is 12.1. The number of hydrogen-bond acceptors (Lipinski definition) is 5. The highest BCUT2D eigenvalue weighted by atomic mass is 16.5. The first-order valence-corrected chi connectivity index (χ1v) is 10.6. The van der Waals surface area contributed by atoms with Crippen molar-refractivity contribution in [2.45, 2.75) is 26.3 Å². The van der Waals surface area contributed by atoms with Crippen molar-refractivity contribution in [3.05, 3.63) is 71.3 Å². The van der Waals surface area contributed by atoms with Gasteiger partial charge in [0, 0.05) is 31.4 Å². The third-order valence-electron chi connectivity index (χ3n) is 5.11. The van der Waals surface area contributed by atoms with Crippen LogP contribution >= 0.6 is 0 Å². The highest BCUT2D eigenvalue weighted by Crippen LogP contribution is 2.15. The van der Waals surface area contributed by atoms with Crippen LogP contribution in [0.25, 0.3) is 6.08 Å². The van der Waals surface area contributed by atoms with Gasteiger partial charge in [0.2, 0.25) is 0 Å². The molecule has 3 rings (SSSR count). The van der Waals surface area contributed by atoms with Gasteiger partial charge in [-0.3, -0.25) is 9.69 Å². The van der Waals surface area contributed by atoms with E-state index in [9.17, 15) is 9.59 Å². The summed E-state index contributed by atoms with van der Waals surface area (Å²) in [5.74, 6) is -0.463. The number of rotatable bonds is 8. The average Bonchev–Trinajstić information content (AvgIpc) is 2.78. The van der Waals surface area contributed by atoms with Gasteiger partial charge in [-0.15, -0.1) is 0 Å². The topological polar surface area (TPSA) is 67.9 Å². The predicted octanol–water partition coefficient (Wildman–Crippen LogP) is 3.84. The van der Waals surface area contributed by atoms with Crippen LogP contribution in [0.5, 0.6) is 0 Å². The molecule has 164 valence electrons. The third kappa shape index (κ3) is 7.66. The molecule has 2 aromatic rings. The predicted molar refractivity (Wildman–Crippen MR) is 122 cm³/mol. The summed E-state index contributed by atoms with van der Waals surface area (Å²) in [5.41, 5.74) is 4.00. The summed E-state index contributed by atoms with van der Waals surface area (Å²) in [4.78, 5) is 26.3. The van der Waals surface area contributed by atoms with E-state index in [4.69, 9.17) is 9.47 Å². The SMILES string of the molecule is CC(C)c1ccc(/C=C/C(=O)OCC(=O)Nc2ccc(CN3CCOCC3)cc2)cc1. The molecule has 1 heterocycles. The van der Waals surface area contributed by atoms with Gasteiger partial charge in [0.05, 0.1) is 13.2 Å². The van der Waals surface area contributed by atoms with Crippen molar-refractivity contribution in [1.82, 2.24) is 4.90 Å². The largest absolute Gasteiger partial charge is 0.452 e. The molecular formula is C25H30N2O4. The van der Waals surface area contributed by atoms with Crippen LogP contribution in [0.15, 0.2) is 54.6 Å². The summed E-state index contributed by atoms with van der Waals surface area (Å²) >= 11 is 0. The second-order valence-corrected chi connectivity index (χ2v) is 7.90. The highest BCUT2D eigenvalue weighted by Gasteiger charge is 2.11. The number of carbonyl (C=O) groups excluding carboxylic acids is 2. The van der Waals surface area contributed by atoms with Crippen LogP contribution in [0.1, 0.15) is 36.5 Å². The molecule has 31 heavy (non-hydrogen) atoms. The molecule has 2 aromatic carbocycles. The fourth-order valence-electron chi connectivity index (χ4n) is 3.25. The third-order valence-corrected chi connectivity index (χ3v) is 5.11. The Balaban J connectivity index is 1.40. The van der Waals surface area contributed by atoms with Gasteiger partial charge in [-0.2, -0.15) is 0 Å². The van der Waals surface area contributed by atoms with E-state index in [2.05, 4.69) is 24.1 Å². The summed E-state index contributed by atoms with van der Waals surface area (Å²) in [5, 5.41) is 2.74. The van der Waals surface area contributed by atoms with Crippen molar-refractivity contribution in [2.24, 2.45) is 0 Å². The molecule has 6 nitrogen and oxygen atoms in total. The first kappa shape index (κ1) is 22.7. The fourth-order valence-corrected chi connectivity index (χ4v) is 3.25. The number of ether oxygens (including phenoxy) is 2. The van der Waals surface area contributed by atoms with Crippen LogP contribution in [0.3, 0.4) is 0 Å². The minimum atomic E-state index is -0.552. The Kier molecular flexibility index (Phi) is 8.38. The van der Waals surface area contributed by atoms with E-state index < -0.39 is 5.97 Å². The molecule has 0 aromatic heterocycles. The van der Waals surface area contributed by atoms with Crippen molar-refractivity contribution in [3.63, 3.8) is 0 Å². The summed E-state index contributed by atoms with van der Waals surface area (Å²) in [6.45, 7) is 8.20. The minimum absolute atomic E-state index is 0.328. The zero-order valence-electron chi connectivity index (χ0n) is 18.2. The Morgan fingerprint density at radius 3 is 2.39 bits per heavy atom. The monoisotopic (exact) mass is 422 g/mol. The lowest BCUT2D eigenvalue weighted by atomic mass is 10.0. The van der Waals surface area contributed by atoms with Gasteiger partial charge in [-0.1, -0.05) is 50.2 Å². The molecule has 1 aliphatic rings. The molecule has 1 fully saturated rings. The molecule has 0 aliphatic carbocycles. The van der Waals surface area contributed by atoms with Crippen LogP contribution in [0.4, 0.5) is 5.69 Å². The van der Waals surface area contributed by atoms with E-state index >= 15 is 0 Å². The Bertz CT molecular complexity index is 883. The van der Waals surface area contributed by atoms with Gasteiger partial charge < -0.3 is 14.8 Å². The maximum Gasteiger partial charge on any atom is 0.331 e. The molecule has 0 unspecified atom stereocenters. The molecule has 1 amide bonds. The first-order valence-electron chi connectivity index (χ1n) is 10.6. The van der Waals surface area contributed by atoms with Gasteiger partial charge in [-0.25, -0.2) is 4.79 Å². The normalized spacial score (nSPS) is 14.7. The van der Waals surface area contributed by atoms with E-state index in [1.165, 1.54) is 17.2 Å². The second kappa shape index (κ2) is 11.4. The molecule has 1 N–H and O–H groups in total. The number of benzene rings is 2. The number of nitrogens with zero attached hydrogens (tertiary/aromatic N) is 1. The summed E-state index contributed by atoms with van der Waals surface area (Å²) in [6, 6.07) is 15.7. The molecule has 0 spiro atoms. The van der Waals surface area contributed by atoms with E-state index in [0.717, 1.165) is 38.4 Å². The average molecular weight is 423 g/mol. The van der Waals surface area contributed by atoms with Gasteiger partial charge in [0.25, 0.3) is 5.91 Å². The quantitative estimate of drug-likeness (QED) is 0.517. The van der Waals surface area contributed by atoms with Crippen LogP contribution < -0.4 is 5.32 Å². The van der Waals surface area contributed by atoms with E-state index in [0.29, 0.717) is 11.6 Å². The van der Waals surface area contributed by atoms with Crippen LogP contribution in [0, 0.1) is 0 Å². The number of carbonyl (C=O) groups is 2. The molecule has 0 bridgehead atoms. The molecule has 0 atom stereocenters. The van der Waals surface area contributed by atoms with Gasteiger partial charge in [-0.05, 0) is 40.8 Å². The number of anilines is 1. The number of morpholine rings is 1. The Morgan fingerprint density at radius 2 is 1.74 bits per heavy atom. The number of esters is 1. The molecular weight excluding hydrogens is 392 g/mol. The fraction of sp³-hybridized carbons (Fsp3) is 0.360. The van der Waals surface area contributed by atoms with Gasteiger partial charge >= 0.3 is 5.97 Å². The standard InChI is InChI=1S/C25H30N2O4/c1-19(2)22-8-3-20(4-9-22)7-12-25(29)31-18-24(28)26-23-10-5-21(6-11-23)17-27-13-15-30-16-14-27/h3-12,19H,13-18H2,1-2H3,(H,26,28)/b12-7+. The molecule has 6 heteroatoms. The van der Waals surface area contributed by atoms with Crippen LogP contribution in [-0.2, 0) is 25.6 Å². The zero-order valence-corrected chi connectivity index (χ0v) is 18.2. The number of hydrogen-bond donors (Lipinski definition) is 1. The lowest BCUT2D eigenvalue weighted by Crippen LogP contribution is -2.35. The Hall–Kier alpha value is -2.96. The minimum Gasteiger partial charge on any atom is -0.452 e. The summed E-state index contributed by atoms with van der Waals surface area (Å²) in [6.07, 6.45) is 3.01. The van der Waals surface area contributed by atoms with E-state index in [-0.39, 0.29) is 12.5 Å². The first-order chi connectivity index (χ1) is 15.0. The molecule has 0 radical (unpaired) electrons. The summed E-state index contributed by atoms with van der Waals surface area (Å²) < 4.78 is 10.4. The smallest absolute Gasteiger partial charge is 0.331 e. The number of nitrogens with one attached hydrogen (secondary N) is 1. The lowest BCUT2D eigenvalue weighted by Gasteiger charge is -2.26. The van der Waals surface area contributed by atoms with Crippen molar-refractivity contribution in [1.29, 1.82) is 0 Å². The lowest BCUT2D eigenvalue weighted by molar-refractivity contribution is -0.142. The maximum absolute atomic E-state index is 12.1. The molecule has 0 saturated carbocycles. The van der Waals surface area contributed by atoms with Crippen molar-refractivity contribution in [2.75, 3.05) is 38.2 Å². The van der Waals surface area contributed by atoms with Crippen molar-refractivity contribution < 1.29 is 19.1 Å². The van der Waals surface area contributed by atoms with E-state index in [1.54, 1.807) is 6.08 Å². The van der Waals surface area contributed by atoms with E-state index in [1.807, 2.05) is 48.5 Å². The Morgan fingerprint density at radius 1 is 1.06 bits per heavy atom.